The Morgan fingerprint density at radius 1 is 1.29 bits per heavy atom. The Bertz CT molecular complexity index is 610. The first-order valence-electron chi connectivity index (χ1n) is 11.3. The van der Waals surface area contributed by atoms with Crippen LogP contribution in [0.25, 0.3) is 0 Å². The molecule has 2 saturated carbocycles. The molecule has 3 rings (SSSR count). The molecule has 1 heterocycles. The van der Waals surface area contributed by atoms with E-state index >= 15 is 0 Å². The topological polar surface area (TPSA) is 49.7 Å². The summed E-state index contributed by atoms with van der Waals surface area (Å²) in [6.07, 6.45) is 16.1. The van der Waals surface area contributed by atoms with Crippen LogP contribution in [0.2, 0.25) is 0 Å². The first kappa shape index (κ1) is 21.8. The highest BCUT2D eigenvalue weighted by Crippen LogP contribution is 2.43. The Hall–Kier alpha value is -0.900. The molecule has 1 aliphatic heterocycles. The number of aliphatic hydroxyl groups is 2. The van der Waals surface area contributed by atoms with Crippen molar-refractivity contribution in [2.24, 2.45) is 23.7 Å². The van der Waals surface area contributed by atoms with Gasteiger partial charge in [0, 0.05) is 0 Å². The van der Waals surface area contributed by atoms with Gasteiger partial charge in [0.15, 0.2) is 0 Å². The van der Waals surface area contributed by atoms with E-state index in [0.717, 1.165) is 49.0 Å². The van der Waals surface area contributed by atoms with E-state index in [9.17, 15) is 10.2 Å². The smallest absolute Gasteiger partial charge is 0.0852 e. The van der Waals surface area contributed by atoms with Crippen molar-refractivity contribution in [3.05, 3.63) is 35.5 Å². The van der Waals surface area contributed by atoms with Gasteiger partial charge in [0.05, 0.1) is 24.4 Å². The van der Waals surface area contributed by atoms with Crippen LogP contribution >= 0.6 is 0 Å². The fourth-order valence-corrected chi connectivity index (χ4v) is 5.55. The van der Waals surface area contributed by atoms with Gasteiger partial charge in [0.1, 0.15) is 0 Å². The van der Waals surface area contributed by atoms with Crippen molar-refractivity contribution in [1.82, 2.24) is 0 Å². The van der Waals surface area contributed by atoms with E-state index in [2.05, 4.69) is 32.1 Å². The van der Waals surface area contributed by atoms with Gasteiger partial charge in [-0.05, 0) is 75.2 Å². The molecular weight excluding hydrogens is 348 g/mol. The van der Waals surface area contributed by atoms with Crippen LogP contribution in [0.15, 0.2) is 35.5 Å². The average molecular weight is 389 g/mol. The summed E-state index contributed by atoms with van der Waals surface area (Å²) in [5.74, 6) is 2.90. The number of aliphatic hydroxyl groups excluding tert-OH is 1. The van der Waals surface area contributed by atoms with E-state index in [0.29, 0.717) is 12.5 Å². The fourth-order valence-electron chi connectivity index (χ4n) is 5.55. The van der Waals surface area contributed by atoms with Crippen molar-refractivity contribution in [2.45, 2.75) is 90.4 Å². The molecule has 28 heavy (non-hydrogen) atoms. The normalized spacial score (nSPS) is 36.1. The molecule has 0 aromatic rings. The van der Waals surface area contributed by atoms with Crippen molar-refractivity contribution in [1.29, 1.82) is 0 Å². The van der Waals surface area contributed by atoms with Crippen LogP contribution < -0.4 is 0 Å². The third-order valence-corrected chi connectivity index (χ3v) is 7.33. The number of fused-ring (bicyclic) bond motifs is 1. The molecule has 3 nitrogen and oxygen atoms in total. The molecule has 0 radical (unpaired) electrons. The van der Waals surface area contributed by atoms with Gasteiger partial charge in [-0.2, -0.15) is 0 Å². The molecule has 0 bridgehead atoms. The van der Waals surface area contributed by atoms with E-state index in [-0.39, 0.29) is 12.2 Å². The van der Waals surface area contributed by atoms with Crippen molar-refractivity contribution in [3.8, 4) is 0 Å². The Balaban J connectivity index is 1.48. The lowest BCUT2D eigenvalue weighted by Crippen LogP contribution is -2.27. The Kier molecular flexibility index (Phi) is 7.22. The number of hydrogen-bond acceptors (Lipinski definition) is 3. The van der Waals surface area contributed by atoms with E-state index < -0.39 is 5.60 Å². The summed E-state index contributed by atoms with van der Waals surface area (Å²) in [6, 6.07) is 0. The van der Waals surface area contributed by atoms with Gasteiger partial charge in [0.25, 0.3) is 0 Å². The molecule has 0 spiro atoms. The zero-order valence-electron chi connectivity index (χ0n) is 18.2. The van der Waals surface area contributed by atoms with Crippen LogP contribution in [-0.4, -0.2) is 34.6 Å². The van der Waals surface area contributed by atoms with Gasteiger partial charge >= 0.3 is 0 Å². The molecule has 0 saturated heterocycles. The molecule has 2 unspecified atom stereocenters. The van der Waals surface area contributed by atoms with Crippen molar-refractivity contribution in [3.63, 3.8) is 0 Å². The summed E-state index contributed by atoms with van der Waals surface area (Å²) in [6.45, 7) is 9.28. The highest BCUT2D eigenvalue weighted by atomic mass is 16.5. The second-order valence-electron chi connectivity index (χ2n) is 10.1. The molecule has 158 valence electrons. The van der Waals surface area contributed by atoms with E-state index in [1.54, 1.807) is 0 Å². The van der Waals surface area contributed by atoms with Crippen molar-refractivity contribution < 1.29 is 14.9 Å². The predicted molar refractivity (Wildman–Crippen MR) is 115 cm³/mol. The van der Waals surface area contributed by atoms with Gasteiger partial charge in [-0.3, -0.25) is 0 Å². The minimum absolute atomic E-state index is 0.0999. The maximum atomic E-state index is 10.3. The maximum absolute atomic E-state index is 10.3. The molecular formula is C25H40O3. The largest absolute Gasteiger partial charge is 0.390 e. The first-order valence-corrected chi connectivity index (χ1v) is 11.3. The Morgan fingerprint density at radius 3 is 2.82 bits per heavy atom. The number of rotatable bonds is 7. The fraction of sp³-hybridized carbons (Fsp3) is 0.760. The molecule has 3 heteroatoms. The number of ether oxygens (including phenoxy) is 1. The molecule has 0 aromatic heterocycles. The molecule has 2 fully saturated rings. The first-order chi connectivity index (χ1) is 13.2. The molecule has 2 N–H and O–H groups in total. The van der Waals surface area contributed by atoms with Gasteiger partial charge < -0.3 is 14.9 Å². The zero-order valence-corrected chi connectivity index (χ0v) is 18.2. The molecule has 0 amide bonds. The van der Waals surface area contributed by atoms with E-state index in [1.807, 2.05) is 19.9 Å². The number of hydrogen-bond donors (Lipinski definition) is 2. The minimum atomic E-state index is -0.535. The lowest BCUT2D eigenvalue weighted by molar-refractivity contribution is 0.0655. The minimum Gasteiger partial charge on any atom is -0.390 e. The van der Waals surface area contributed by atoms with Crippen LogP contribution in [0.1, 0.15) is 72.6 Å². The van der Waals surface area contributed by atoms with Crippen LogP contribution in [0.5, 0.6) is 0 Å². The predicted octanol–water partition coefficient (Wildman–Crippen LogP) is 5.19. The van der Waals surface area contributed by atoms with Crippen molar-refractivity contribution in [2.75, 3.05) is 6.61 Å². The Labute approximate surface area is 171 Å². The van der Waals surface area contributed by atoms with E-state index in [4.69, 9.17) is 4.74 Å². The van der Waals surface area contributed by atoms with Crippen LogP contribution in [-0.2, 0) is 4.74 Å². The lowest BCUT2D eigenvalue weighted by atomic mass is 9.80. The highest BCUT2D eigenvalue weighted by Gasteiger charge is 2.34. The van der Waals surface area contributed by atoms with Gasteiger partial charge in [-0.15, -0.1) is 0 Å². The monoisotopic (exact) mass is 388 g/mol. The summed E-state index contributed by atoms with van der Waals surface area (Å²) in [5, 5.41) is 20.2. The summed E-state index contributed by atoms with van der Waals surface area (Å²) in [7, 11) is 0. The third kappa shape index (κ3) is 5.58. The second-order valence-corrected chi connectivity index (χ2v) is 10.1. The summed E-state index contributed by atoms with van der Waals surface area (Å²) in [4.78, 5) is 0. The van der Waals surface area contributed by atoms with Crippen LogP contribution in [0.3, 0.4) is 0 Å². The van der Waals surface area contributed by atoms with Gasteiger partial charge in [-0.25, -0.2) is 0 Å². The summed E-state index contributed by atoms with van der Waals surface area (Å²) in [5.41, 5.74) is 1.86. The Morgan fingerprint density at radius 2 is 2.07 bits per heavy atom. The average Bonchev–Trinajstić information content (AvgIpc) is 3.21. The molecule has 0 aromatic carbocycles. The quantitative estimate of drug-likeness (QED) is 0.590. The molecule has 2 aliphatic carbocycles. The standard InChI is InChI=1S/C25H40O3/c1-17(7-6-13-25(3,4)27)21-11-10-20(18(21)2)9-5-8-19-15-23(26)22-12-14-28-24(22)16-19/h5,8-9,12,17-18,20-21,23-24,26-27H,6-7,10-11,13-16H2,1-4H3/b9-5+,19-8-/t17-,18-,20?,21?,23-,24-/m1/s1. The van der Waals surface area contributed by atoms with E-state index in [1.165, 1.54) is 24.8 Å². The zero-order chi connectivity index (χ0) is 20.3. The summed E-state index contributed by atoms with van der Waals surface area (Å²) >= 11 is 0. The highest BCUT2D eigenvalue weighted by molar-refractivity contribution is 5.30. The van der Waals surface area contributed by atoms with Gasteiger partial charge in [0.2, 0.25) is 0 Å². The maximum Gasteiger partial charge on any atom is 0.0852 e. The van der Waals surface area contributed by atoms with Gasteiger partial charge in [-0.1, -0.05) is 56.6 Å². The third-order valence-electron chi connectivity index (χ3n) is 7.33. The second kappa shape index (κ2) is 9.28. The number of allylic oxidation sites excluding steroid dienone is 3. The van der Waals surface area contributed by atoms with Crippen LogP contribution in [0.4, 0.5) is 0 Å². The van der Waals surface area contributed by atoms with Crippen LogP contribution in [0, 0.1) is 23.7 Å². The van der Waals surface area contributed by atoms with Crippen molar-refractivity contribution >= 4 is 0 Å². The summed E-state index contributed by atoms with van der Waals surface area (Å²) < 4.78 is 5.71. The lowest BCUT2D eigenvalue weighted by Gasteiger charge is -2.27. The SMILES string of the molecule is C[C@@H]1C(/C=C/C=C2/C[C@@H](O)C3=CCO[C@@H]3C2)CCC1[C@H](C)CCCC(C)(C)O. The molecule has 6 atom stereocenters. The molecule has 3 aliphatic rings.